The maximum absolute atomic E-state index is 12.7. The molecule has 3 heterocycles. The van der Waals surface area contributed by atoms with E-state index in [4.69, 9.17) is 4.52 Å². The number of benzene rings is 1. The molecular weight excluding hydrogens is 366 g/mol. The van der Waals surface area contributed by atoms with E-state index in [1.807, 2.05) is 29.6 Å². The van der Waals surface area contributed by atoms with Gasteiger partial charge in [0.05, 0.1) is 4.88 Å². The second-order valence-corrected chi connectivity index (χ2v) is 7.21. The minimum Gasteiger partial charge on any atom is -0.479 e. The minimum absolute atomic E-state index is 0.123. The predicted molar refractivity (Wildman–Crippen MR) is 98.2 cm³/mol. The third-order valence-electron chi connectivity index (χ3n) is 4.60. The number of hydrogen-bond donors (Lipinski definition) is 1. The van der Waals surface area contributed by atoms with E-state index in [0.717, 1.165) is 10.4 Å². The first-order valence-electron chi connectivity index (χ1n) is 8.60. The van der Waals surface area contributed by atoms with E-state index in [-0.39, 0.29) is 18.7 Å². The van der Waals surface area contributed by atoms with Crippen molar-refractivity contribution in [3.63, 3.8) is 0 Å². The second kappa shape index (κ2) is 7.32. The molecule has 1 aliphatic heterocycles. The lowest BCUT2D eigenvalue weighted by Crippen LogP contribution is -2.43. The number of carbonyl (C=O) groups is 2. The van der Waals surface area contributed by atoms with Crippen LogP contribution >= 0.6 is 11.3 Å². The molecule has 3 aromatic rings. The molecule has 0 spiro atoms. The zero-order valence-corrected chi connectivity index (χ0v) is 15.2. The molecule has 1 unspecified atom stereocenters. The lowest BCUT2D eigenvalue weighted by molar-refractivity contribution is -0.151. The van der Waals surface area contributed by atoms with Crippen LogP contribution in [0.4, 0.5) is 0 Å². The summed E-state index contributed by atoms with van der Waals surface area (Å²) < 4.78 is 5.22. The zero-order valence-electron chi connectivity index (χ0n) is 14.4. The molecule has 8 heteroatoms. The fraction of sp³-hybridized carbons (Fsp3) is 0.263. The number of rotatable bonds is 5. The van der Waals surface area contributed by atoms with Crippen molar-refractivity contribution in [2.24, 2.45) is 0 Å². The Hall–Kier alpha value is -3.00. The number of carboxylic acid groups (broad SMARTS) is 1. The van der Waals surface area contributed by atoms with Crippen LogP contribution in [0, 0.1) is 0 Å². The van der Waals surface area contributed by atoms with Crippen LogP contribution < -0.4 is 0 Å². The first-order valence-corrected chi connectivity index (χ1v) is 9.48. The van der Waals surface area contributed by atoms with E-state index in [9.17, 15) is 14.7 Å². The van der Waals surface area contributed by atoms with Crippen LogP contribution in [0.3, 0.4) is 0 Å². The van der Waals surface area contributed by atoms with E-state index in [1.54, 1.807) is 12.1 Å². The van der Waals surface area contributed by atoms with Gasteiger partial charge in [0.2, 0.25) is 17.6 Å². The smallest absolute Gasteiger partial charge is 0.331 e. The number of fused-ring (bicyclic) bond motifs is 1. The van der Waals surface area contributed by atoms with Gasteiger partial charge in [0.25, 0.3) is 0 Å². The first-order chi connectivity index (χ1) is 13.1. The van der Waals surface area contributed by atoms with Crippen molar-refractivity contribution in [1.29, 1.82) is 0 Å². The number of amides is 1. The first kappa shape index (κ1) is 17.4. The van der Waals surface area contributed by atoms with Crippen LogP contribution in [-0.4, -0.2) is 38.6 Å². The van der Waals surface area contributed by atoms with Gasteiger partial charge in [-0.15, -0.1) is 11.3 Å². The van der Waals surface area contributed by atoms with E-state index in [0.29, 0.717) is 30.2 Å². The largest absolute Gasteiger partial charge is 0.479 e. The fourth-order valence-corrected chi connectivity index (χ4v) is 3.97. The third-order valence-corrected chi connectivity index (χ3v) is 5.47. The van der Waals surface area contributed by atoms with Crippen molar-refractivity contribution >= 4 is 23.2 Å². The highest BCUT2D eigenvalue weighted by atomic mass is 32.1. The minimum atomic E-state index is -1.02. The average molecular weight is 383 g/mol. The molecule has 1 aliphatic rings. The molecule has 1 amide bonds. The summed E-state index contributed by atoms with van der Waals surface area (Å²) in [6.45, 7) is 0.386. The highest BCUT2D eigenvalue weighted by Gasteiger charge is 2.35. The van der Waals surface area contributed by atoms with Crippen LogP contribution in [0.5, 0.6) is 0 Å². The zero-order chi connectivity index (χ0) is 18.8. The molecule has 1 atom stereocenters. The monoisotopic (exact) mass is 383 g/mol. The van der Waals surface area contributed by atoms with Gasteiger partial charge in [-0.05, 0) is 29.0 Å². The Morgan fingerprint density at radius 2 is 2.11 bits per heavy atom. The van der Waals surface area contributed by atoms with Crippen molar-refractivity contribution in [2.45, 2.75) is 25.3 Å². The molecule has 0 fully saturated rings. The molecule has 0 bridgehead atoms. The molecule has 0 saturated heterocycles. The molecule has 7 nitrogen and oxygen atoms in total. The van der Waals surface area contributed by atoms with E-state index in [1.165, 1.54) is 16.2 Å². The highest BCUT2D eigenvalue weighted by molar-refractivity contribution is 7.13. The Morgan fingerprint density at radius 3 is 2.89 bits per heavy atom. The summed E-state index contributed by atoms with van der Waals surface area (Å²) in [6, 6.07) is 10.2. The third kappa shape index (κ3) is 3.48. The van der Waals surface area contributed by atoms with Gasteiger partial charge in [0.1, 0.15) is 0 Å². The highest BCUT2D eigenvalue weighted by Crippen LogP contribution is 2.30. The SMILES string of the molecule is O=C(O)C1c2ccccc2CCN1C(=O)CCc1nc(-c2cccs2)no1. The van der Waals surface area contributed by atoms with Gasteiger partial charge in [0, 0.05) is 19.4 Å². The summed E-state index contributed by atoms with van der Waals surface area (Å²) in [5, 5.41) is 15.5. The van der Waals surface area contributed by atoms with Crippen LogP contribution in [0.1, 0.15) is 29.5 Å². The molecule has 0 saturated carbocycles. The Bertz CT molecular complexity index is 967. The number of carbonyl (C=O) groups excluding carboxylic acids is 1. The Labute approximate surface area is 159 Å². The number of nitrogens with zero attached hydrogens (tertiary/aromatic N) is 3. The lowest BCUT2D eigenvalue weighted by Gasteiger charge is -2.34. The van der Waals surface area contributed by atoms with Crippen molar-refractivity contribution < 1.29 is 19.2 Å². The van der Waals surface area contributed by atoms with E-state index < -0.39 is 12.0 Å². The standard InChI is InChI=1S/C19H17N3O4S/c23-16(8-7-15-20-18(21-26-15)14-6-3-11-27-14)22-10-9-12-4-1-2-5-13(12)17(22)19(24)25/h1-6,11,17H,7-10H2,(H,24,25). The predicted octanol–water partition coefficient (Wildman–Crippen LogP) is 2.94. The number of aromatic nitrogens is 2. The summed E-state index contributed by atoms with van der Waals surface area (Å²) in [6.07, 6.45) is 1.05. The normalized spacial score (nSPS) is 16.1. The molecule has 138 valence electrons. The number of carboxylic acids is 1. The summed E-state index contributed by atoms with van der Waals surface area (Å²) in [5.41, 5.74) is 1.66. The van der Waals surface area contributed by atoms with Gasteiger partial charge in [-0.25, -0.2) is 4.79 Å². The molecule has 2 aromatic heterocycles. The summed E-state index contributed by atoms with van der Waals surface area (Å²) in [4.78, 5) is 31.1. The van der Waals surface area contributed by atoms with Crippen LogP contribution in [-0.2, 0) is 22.4 Å². The lowest BCUT2D eigenvalue weighted by atomic mass is 9.92. The Kier molecular flexibility index (Phi) is 4.72. The average Bonchev–Trinajstić information content (AvgIpc) is 3.36. The van der Waals surface area contributed by atoms with E-state index >= 15 is 0 Å². The van der Waals surface area contributed by atoms with Gasteiger partial charge in [-0.1, -0.05) is 35.5 Å². The maximum atomic E-state index is 12.7. The number of aliphatic carboxylic acids is 1. The summed E-state index contributed by atoms with van der Waals surface area (Å²) in [5.74, 6) is -0.375. The van der Waals surface area contributed by atoms with Gasteiger partial charge < -0.3 is 14.5 Å². The van der Waals surface area contributed by atoms with Crippen molar-refractivity contribution in [3.8, 4) is 10.7 Å². The molecule has 27 heavy (non-hydrogen) atoms. The van der Waals surface area contributed by atoms with Gasteiger partial charge in [0.15, 0.2) is 6.04 Å². The number of aryl methyl sites for hydroxylation is 1. The fourth-order valence-electron chi connectivity index (χ4n) is 3.32. The molecule has 1 N–H and O–H groups in total. The molecule has 4 rings (SSSR count). The van der Waals surface area contributed by atoms with Crippen molar-refractivity contribution in [3.05, 3.63) is 58.8 Å². The molecule has 1 aromatic carbocycles. The number of thiophene rings is 1. The topological polar surface area (TPSA) is 96.5 Å². The van der Waals surface area contributed by atoms with Crippen LogP contribution in [0.2, 0.25) is 0 Å². The Morgan fingerprint density at radius 1 is 1.26 bits per heavy atom. The summed E-state index contributed by atoms with van der Waals surface area (Å²) in [7, 11) is 0. The van der Waals surface area contributed by atoms with Crippen molar-refractivity contribution in [1.82, 2.24) is 15.0 Å². The summed E-state index contributed by atoms with van der Waals surface area (Å²) >= 11 is 1.51. The number of hydrogen-bond acceptors (Lipinski definition) is 6. The Balaban J connectivity index is 1.46. The molecular formula is C19H17N3O4S. The van der Waals surface area contributed by atoms with Gasteiger partial charge >= 0.3 is 5.97 Å². The molecule has 0 aliphatic carbocycles. The van der Waals surface area contributed by atoms with Crippen molar-refractivity contribution in [2.75, 3.05) is 6.54 Å². The van der Waals surface area contributed by atoms with E-state index in [2.05, 4.69) is 10.1 Å². The maximum Gasteiger partial charge on any atom is 0.331 e. The second-order valence-electron chi connectivity index (χ2n) is 6.27. The van der Waals surface area contributed by atoms with Gasteiger partial charge in [-0.2, -0.15) is 4.98 Å². The quantitative estimate of drug-likeness (QED) is 0.728. The van der Waals surface area contributed by atoms with Gasteiger partial charge in [-0.3, -0.25) is 4.79 Å². The van der Waals surface area contributed by atoms with Crippen LogP contribution in [0.15, 0.2) is 46.3 Å². The molecule has 0 radical (unpaired) electrons. The van der Waals surface area contributed by atoms with Crippen LogP contribution in [0.25, 0.3) is 10.7 Å².